The van der Waals surface area contributed by atoms with E-state index in [1.807, 2.05) is 30.3 Å². The van der Waals surface area contributed by atoms with Crippen LogP contribution in [0.25, 0.3) is 38.2 Å². The lowest BCUT2D eigenvalue weighted by atomic mass is 10.1. The lowest BCUT2D eigenvalue weighted by Crippen LogP contribution is -2.20. The number of nitrogens with zero attached hydrogens (tertiary/aromatic N) is 2. The number of fused-ring (bicyclic) bond motifs is 10. The van der Waals surface area contributed by atoms with Crippen molar-refractivity contribution in [2.24, 2.45) is 0 Å². The number of esters is 1. The molecule has 0 saturated heterocycles. The Balaban J connectivity index is 1.88. The number of nitrogens with one attached hydrogen (secondary N) is 1. The Labute approximate surface area is 191 Å². The summed E-state index contributed by atoms with van der Waals surface area (Å²) in [4.78, 5) is 50.8. The van der Waals surface area contributed by atoms with E-state index in [-0.39, 0.29) is 11.3 Å². The summed E-state index contributed by atoms with van der Waals surface area (Å²) < 4.78 is 13.5. The summed E-state index contributed by atoms with van der Waals surface area (Å²) >= 11 is 0. The molecule has 4 heterocycles. The zero-order chi connectivity index (χ0) is 23.7. The van der Waals surface area contributed by atoms with Crippen molar-refractivity contribution in [3.8, 4) is 5.75 Å². The third-order valence-electron chi connectivity index (χ3n) is 6.16. The third-order valence-corrected chi connectivity index (χ3v) is 6.16. The number of amides is 2. The fourth-order valence-electron chi connectivity index (χ4n) is 4.84. The SMILES string of the molecule is COc1ccc2c(c1)c1c3c(n4c5ccccc5cc4c1n2C(=O)COC(C)=O)C(=O)NC3=O. The summed E-state index contributed by atoms with van der Waals surface area (Å²) in [6, 6.07) is 14.5. The van der Waals surface area contributed by atoms with Gasteiger partial charge in [-0.25, -0.2) is 0 Å². The maximum Gasteiger partial charge on any atom is 0.303 e. The standard InChI is InChI=1S/C25H17N3O6/c1-12(29)34-11-19(30)28-17-8-7-14(33-2)10-15(17)20-21-23(25(32)26-24(21)31)27-16-6-4-3-5-13(16)9-18(27)22(20)28/h3-10H,11H2,1-2H3,(H,26,31,32). The van der Waals surface area contributed by atoms with Gasteiger partial charge >= 0.3 is 5.97 Å². The number of hydrogen-bond acceptors (Lipinski definition) is 6. The second kappa shape index (κ2) is 6.92. The van der Waals surface area contributed by atoms with Crippen LogP contribution < -0.4 is 10.1 Å². The van der Waals surface area contributed by atoms with Gasteiger partial charge in [-0.15, -0.1) is 0 Å². The lowest BCUT2D eigenvalue weighted by molar-refractivity contribution is -0.139. The molecule has 6 rings (SSSR count). The van der Waals surface area contributed by atoms with E-state index >= 15 is 0 Å². The Morgan fingerprint density at radius 2 is 1.76 bits per heavy atom. The largest absolute Gasteiger partial charge is 0.497 e. The molecule has 0 radical (unpaired) electrons. The van der Waals surface area contributed by atoms with Crippen molar-refractivity contribution in [3.63, 3.8) is 0 Å². The second-order valence-corrected chi connectivity index (χ2v) is 8.05. The van der Waals surface area contributed by atoms with Crippen LogP contribution in [-0.2, 0) is 9.53 Å². The molecule has 0 atom stereocenters. The average Bonchev–Trinajstić information content (AvgIpc) is 3.46. The van der Waals surface area contributed by atoms with E-state index in [9.17, 15) is 19.2 Å². The van der Waals surface area contributed by atoms with Crippen molar-refractivity contribution in [1.29, 1.82) is 0 Å². The summed E-state index contributed by atoms with van der Waals surface area (Å²) in [5.74, 6) is -1.60. The smallest absolute Gasteiger partial charge is 0.303 e. The maximum absolute atomic E-state index is 13.4. The van der Waals surface area contributed by atoms with E-state index in [1.54, 1.807) is 22.6 Å². The molecule has 1 N–H and O–H groups in total. The van der Waals surface area contributed by atoms with Crippen LogP contribution in [0, 0.1) is 0 Å². The summed E-state index contributed by atoms with van der Waals surface area (Å²) in [6.45, 7) is 0.750. The predicted molar refractivity (Wildman–Crippen MR) is 124 cm³/mol. The highest BCUT2D eigenvalue weighted by molar-refractivity contribution is 6.33. The highest BCUT2D eigenvalue weighted by Gasteiger charge is 2.36. The van der Waals surface area contributed by atoms with Gasteiger partial charge in [0, 0.05) is 23.1 Å². The zero-order valence-corrected chi connectivity index (χ0v) is 18.2. The van der Waals surface area contributed by atoms with E-state index in [0.29, 0.717) is 33.1 Å². The van der Waals surface area contributed by atoms with Crippen LogP contribution in [0.2, 0.25) is 0 Å². The number of carbonyl (C=O) groups excluding carboxylic acids is 4. The van der Waals surface area contributed by atoms with Crippen LogP contribution in [-0.4, -0.2) is 46.4 Å². The van der Waals surface area contributed by atoms with Gasteiger partial charge in [0.15, 0.2) is 6.61 Å². The fraction of sp³-hybridized carbons (Fsp3) is 0.120. The molecule has 168 valence electrons. The molecule has 0 spiro atoms. The second-order valence-electron chi connectivity index (χ2n) is 8.05. The first-order chi connectivity index (χ1) is 16.4. The molecule has 1 aliphatic heterocycles. The number of imide groups is 1. The molecule has 0 aliphatic carbocycles. The van der Waals surface area contributed by atoms with E-state index in [2.05, 4.69) is 5.32 Å². The van der Waals surface area contributed by atoms with Crippen LogP contribution in [0.15, 0.2) is 48.5 Å². The van der Waals surface area contributed by atoms with Gasteiger partial charge in [-0.1, -0.05) is 18.2 Å². The molecule has 3 aromatic heterocycles. The zero-order valence-electron chi connectivity index (χ0n) is 18.2. The number of benzene rings is 2. The van der Waals surface area contributed by atoms with Gasteiger partial charge < -0.3 is 13.9 Å². The predicted octanol–water partition coefficient (Wildman–Crippen LogP) is 3.30. The van der Waals surface area contributed by atoms with Crippen LogP contribution in [0.3, 0.4) is 0 Å². The van der Waals surface area contributed by atoms with Crippen LogP contribution in [0.5, 0.6) is 5.75 Å². The van der Waals surface area contributed by atoms with E-state index < -0.39 is 30.3 Å². The van der Waals surface area contributed by atoms with Gasteiger partial charge in [0.2, 0.25) is 0 Å². The van der Waals surface area contributed by atoms with E-state index in [4.69, 9.17) is 9.47 Å². The molecule has 9 heteroatoms. The minimum Gasteiger partial charge on any atom is -0.497 e. The summed E-state index contributed by atoms with van der Waals surface area (Å²) in [5, 5.41) is 4.26. The first-order valence-electron chi connectivity index (χ1n) is 10.5. The van der Waals surface area contributed by atoms with Crippen LogP contribution >= 0.6 is 0 Å². The first kappa shape index (κ1) is 20.0. The van der Waals surface area contributed by atoms with E-state index in [1.165, 1.54) is 18.6 Å². The maximum atomic E-state index is 13.4. The van der Waals surface area contributed by atoms with Gasteiger partial charge in [0.05, 0.1) is 34.7 Å². The molecule has 1 aliphatic rings. The van der Waals surface area contributed by atoms with Crippen LogP contribution in [0.1, 0.15) is 32.6 Å². The number of carbonyl (C=O) groups is 4. The molecule has 0 fully saturated rings. The van der Waals surface area contributed by atoms with Crippen molar-refractivity contribution in [3.05, 3.63) is 59.8 Å². The first-order valence-corrected chi connectivity index (χ1v) is 10.5. The van der Waals surface area contributed by atoms with Crippen molar-refractivity contribution < 1.29 is 28.7 Å². The average molecular weight is 455 g/mol. The number of para-hydroxylation sites is 1. The summed E-state index contributed by atoms with van der Waals surface area (Å²) in [5.41, 5.74) is 2.64. The molecule has 9 nitrogen and oxygen atoms in total. The molecule has 5 aromatic rings. The molecular weight excluding hydrogens is 438 g/mol. The van der Waals surface area contributed by atoms with Gasteiger partial charge in [0.1, 0.15) is 11.4 Å². The Morgan fingerprint density at radius 3 is 2.53 bits per heavy atom. The van der Waals surface area contributed by atoms with Gasteiger partial charge in [-0.2, -0.15) is 0 Å². The normalized spacial score (nSPS) is 13.1. The number of aromatic nitrogens is 2. The quantitative estimate of drug-likeness (QED) is 0.330. The number of hydrogen-bond donors (Lipinski definition) is 1. The Bertz CT molecular complexity index is 1760. The molecule has 0 unspecified atom stereocenters. The Hall–Kier alpha value is -4.66. The number of rotatable bonds is 3. The summed E-state index contributed by atoms with van der Waals surface area (Å²) in [7, 11) is 1.52. The van der Waals surface area contributed by atoms with Crippen molar-refractivity contribution in [2.45, 2.75) is 6.92 Å². The Morgan fingerprint density at radius 1 is 0.971 bits per heavy atom. The molecule has 0 bridgehead atoms. The van der Waals surface area contributed by atoms with Crippen molar-refractivity contribution >= 4 is 61.9 Å². The summed E-state index contributed by atoms with van der Waals surface area (Å²) in [6.07, 6.45) is 0. The minimum atomic E-state index is -0.583. The Kier molecular flexibility index (Phi) is 4.07. The van der Waals surface area contributed by atoms with Crippen LogP contribution in [0.4, 0.5) is 0 Å². The molecule has 2 amide bonds. The number of ether oxygens (including phenoxy) is 2. The van der Waals surface area contributed by atoms with Crippen molar-refractivity contribution in [2.75, 3.05) is 13.7 Å². The molecule has 34 heavy (non-hydrogen) atoms. The lowest BCUT2D eigenvalue weighted by Gasteiger charge is -2.10. The topological polar surface area (TPSA) is 108 Å². The molecular formula is C25H17N3O6. The third kappa shape index (κ3) is 2.54. The molecule has 2 aromatic carbocycles. The molecule has 0 saturated carbocycles. The highest BCUT2D eigenvalue weighted by Crippen LogP contribution is 2.41. The fourth-order valence-corrected chi connectivity index (χ4v) is 4.84. The van der Waals surface area contributed by atoms with Crippen molar-refractivity contribution in [1.82, 2.24) is 14.3 Å². The van der Waals surface area contributed by atoms with E-state index in [0.717, 1.165) is 10.9 Å². The highest BCUT2D eigenvalue weighted by atomic mass is 16.5. The van der Waals surface area contributed by atoms with Gasteiger partial charge in [-0.3, -0.25) is 29.1 Å². The van der Waals surface area contributed by atoms with Gasteiger partial charge in [-0.05, 0) is 30.3 Å². The van der Waals surface area contributed by atoms with Gasteiger partial charge in [0.25, 0.3) is 17.7 Å². The number of methoxy groups -OCH3 is 1. The monoisotopic (exact) mass is 455 g/mol. The minimum absolute atomic E-state index is 0.186. The number of pyridine rings is 1.